The Bertz CT molecular complexity index is 1110. The molecule has 0 unspecified atom stereocenters. The van der Waals surface area contributed by atoms with Gasteiger partial charge in [-0.15, -0.1) is 24.9 Å². The number of nitrogens with zero attached hydrogens (tertiary/aromatic N) is 2. The highest BCUT2D eigenvalue weighted by Gasteiger charge is 2.63. The van der Waals surface area contributed by atoms with Gasteiger partial charge in [-0.05, 0) is 44.5 Å². The normalized spacial score (nSPS) is 22.3. The van der Waals surface area contributed by atoms with Gasteiger partial charge in [0.2, 0.25) is 4.87 Å². The molecule has 0 bridgehead atoms. The van der Waals surface area contributed by atoms with Crippen LogP contribution in [0.4, 0.5) is 23.7 Å². The number of hydrogen-bond acceptors (Lipinski definition) is 6. The average molecular weight is 497 g/mol. The minimum atomic E-state index is -4.94. The summed E-state index contributed by atoms with van der Waals surface area (Å²) < 4.78 is 48.3. The maximum absolute atomic E-state index is 13.9. The van der Waals surface area contributed by atoms with Crippen LogP contribution >= 0.6 is 11.8 Å². The van der Waals surface area contributed by atoms with E-state index < -0.39 is 40.8 Å². The van der Waals surface area contributed by atoms with Crippen molar-refractivity contribution in [3.63, 3.8) is 0 Å². The van der Waals surface area contributed by atoms with E-state index in [2.05, 4.69) is 4.74 Å². The van der Waals surface area contributed by atoms with Gasteiger partial charge in [-0.1, -0.05) is 30.3 Å². The molecule has 2 heterocycles. The molecule has 2 aromatic carbocycles. The van der Waals surface area contributed by atoms with Crippen molar-refractivity contribution in [1.82, 2.24) is 4.90 Å². The summed E-state index contributed by atoms with van der Waals surface area (Å²) in [5, 5.41) is 10.7. The monoisotopic (exact) mass is 496 g/mol. The predicted molar refractivity (Wildman–Crippen MR) is 119 cm³/mol. The Labute approximate surface area is 198 Å². The lowest BCUT2D eigenvalue weighted by atomic mass is 10.1. The first-order valence-electron chi connectivity index (χ1n) is 10.4. The van der Waals surface area contributed by atoms with E-state index in [1.54, 1.807) is 45.0 Å². The van der Waals surface area contributed by atoms with Crippen molar-refractivity contribution in [3.05, 3.63) is 59.7 Å². The Morgan fingerprint density at radius 1 is 1.18 bits per heavy atom. The largest absolute Gasteiger partial charge is 0.573 e. The third kappa shape index (κ3) is 4.41. The van der Waals surface area contributed by atoms with Crippen LogP contribution in [-0.2, 0) is 20.9 Å². The zero-order valence-electron chi connectivity index (χ0n) is 18.6. The van der Waals surface area contributed by atoms with Gasteiger partial charge in [-0.3, -0.25) is 9.69 Å². The lowest BCUT2D eigenvalue weighted by Gasteiger charge is -2.35. The summed E-state index contributed by atoms with van der Waals surface area (Å²) in [6.45, 7) is 5.02. The molecular weight excluding hydrogens is 473 g/mol. The van der Waals surface area contributed by atoms with Gasteiger partial charge in [0, 0.05) is 11.3 Å². The van der Waals surface area contributed by atoms with E-state index in [-0.39, 0.29) is 17.9 Å². The number of amides is 2. The van der Waals surface area contributed by atoms with E-state index in [9.17, 15) is 27.9 Å². The molecule has 0 aromatic heterocycles. The summed E-state index contributed by atoms with van der Waals surface area (Å²) in [7, 11) is 0. The molecule has 1 N–H and O–H groups in total. The fourth-order valence-corrected chi connectivity index (χ4v) is 5.46. The van der Waals surface area contributed by atoms with E-state index >= 15 is 0 Å². The van der Waals surface area contributed by atoms with Crippen LogP contribution in [0.2, 0.25) is 0 Å². The van der Waals surface area contributed by atoms with Crippen LogP contribution in [0.3, 0.4) is 0 Å². The van der Waals surface area contributed by atoms with Crippen molar-refractivity contribution in [2.24, 2.45) is 0 Å². The average Bonchev–Trinajstić information content (AvgIpc) is 3.17. The first kappa shape index (κ1) is 24.2. The summed E-state index contributed by atoms with van der Waals surface area (Å²) in [6, 6.07) is 12.6. The number of aliphatic hydroxyl groups is 1. The van der Waals surface area contributed by atoms with Crippen LogP contribution in [0.5, 0.6) is 5.75 Å². The number of anilines is 1. The molecule has 4 rings (SSSR count). The first-order valence-corrected chi connectivity index (χ1v) is 11.4. The van der Waals surface area contributed by atoms with E-state index in [0.717, 1.165) is 34.4 Å². The number of carbonyl (C=O) groups excluding carboxylic acids is 2. The minimum Gasteiger partial charge on any atom is -0.444 e. The number of thioether (sulfide) groups is 1. The Hall–Kier alpha value is -2.92. The zero-order chi connectivity index (χ0) is 24.9. The number of carbonyl (C=O) groups is 2. The first-order chi connectivity index (χ1) is 15.8. The fraction of sp³-hybridized carbons (Fsp3) is 0.391. The second-order valence-electron chi connectivity index (χ2n) is 8.89. The molecule has 2 aliphatic rings. The molecule has 1 spiro atoms. The lowest BCUT2D eigenvalue weighted by molar-refractivity contribution is -0.274. The standard InChI is InChI=1S/C23H23F3N2O5S/c1-21(2,3)33-20(31)28-18(29)13-34-22(28)16-11-15(32-23(24,25)26)9-10-17(16)27(19(22)30)12-14-7-5-4-6-8-14/h4-11,18,29H,12-13H2,1-3H3/t18-,22+/m0/s1. The SMILES string of the molecule is CC(C)(C)OC(=O)N1[C@@H](O)CS[C@]12C(=O)N(Cc1ccccc1)c1ccc(OC(F)(F)F)cc12. The zero-order valence-corrected chi connectivity index (χ0v) is 19.4. The van der Waals surface area contributed by atoms with Gasteiger partial charge in [-0.25, -0.2) is 4.79 Å². The molecule has 0 radical (unpaired) electrons. The topological polar surface area (TPSA) is 79.3 Å². The maximum Gasteiger partial charge on any atom is 0.573 e. The summed E-state index contributed by atoms with van der Waals surface area (Å²) in [6.07, 6.45) is -7.28. The van der Waals surface area contributed by atoms with E-state index in [0.29, 0.717) is 5.69 Å². The van der Waals surface area contributed by atoms with Crippen molar-refractivity contribution in [2.75, 3.05) is 10.7 Å². The molecule has 1 fully saturated rings. The summed E-state index contributed by atoms with van der Waals surface area (Å²) in [5.74, 6) is -1.14. The number of aliphatic hydroxyl groups excluding tert-OH is 1. The fourth-order valence-electron chi connectivity index (χ4n) is 4.03. The molecule has 0 saturated carbocycles. The molecule has 2 aliphatic heterocycles. The molecule has 0 aliphatic carbocycles. The second-order valence-corrected chi connectivity index (χ2v) is 10.1. The van der Waals surface area contributed by atoms with Crippen molar-refractivity contribution in [1.29, 1.82) is 0 Å². The number of alkyl halides is 3. The molecule has 2 aromatic rings. The third-order valence-electron chi connectivity index (χ3n) is 5.24. The number of fused-ring (bicyclic) bond motifs is 2. The van der Waals surface area contributed by atoms with Gasteiger partial charge in [-0.2, -0.15) is 0 Å². The van der Waals surface area contributed by atoms with Crippen LogP contribution in [0.15, 0.2) is 48.5 Å². The Morgan fingerprint density at radius 3 is 2.47 bits per heavy atom. The van der Waals surface area contributed by atoms with Crippen LogP contribution in [0, 0.1) is 0 Å². The molecule has 11 heteroatoms. The smallest absolute Gasteiger partial charge is 0.444 e. The minimum absolute atomic E-state index is 0.0338. The molecular formula is C23H23F3N2O5S. The summed E-state index contributed by atoms with van der Waals surface area (Å²) >= 11 is 0.962. The molecule has 2 amide bonds. The number of hydrogen-bond donors (Lipinski definition) is 1. The Kier molecular flexibility index (Phi) is 5.97. The molecule has 1 saturated heterocycles. The molecule has 34 heavy (non-hydrogen) atoms. The summed E-state index contributed by atoms with van der Waals surface area (Å²) in [5.41, 5.74) is 0.281. The van der Waals surface area contributed by atoms with Gasteiger partial charge in [0.05, 0.1) is 12.2 Å². The van der Waals surface area contributed by atoms with Crippen LogP contribution in [-0.4, -0.2) is 46.0 Å². The van der Waals surface area contributed by atoms with Crippen molar-refractivity contribution < 1.29 is 37.3 Å². The predicted octanol–water partition coefficient (Wildman–Crippen LogP) is 4.59. The van der Waals surface area contributed by atoms with Crippen molar-refractivity contribution in [2.45, 2.75) is 50.4 Å². The van der Waals surface area contributed by atoms with Gasteiger partial charge >= 0.3 is 12.5 Å². The Morgan fingerprint density at radius 2 is 1.85 bits per heavy atom. The highest BCUT2D eigenvalue weighted by Crippen LogP contribution is 2.57. The van der Waals surface area contributed by atoms with Crippen molar-refractivity contribution >= 4 is 29.4 Å². The van der Waals surface area contributed by atoms with Crippen LogP contribution in [0.1, 0.15) is 31.9 Å². The van der Waals surface area contributed by atoms with Gasteiger partial charge in [0.15, 0.2) is 0 Å². The number of ether oxygens (including phenoxy) is 2. The van der Waals surface area contributed by atoms with Crippen molar-refractivity contribution in [3.8, 4) is 5.75 Å². The highest BCUT2D eigenvalue weighted by atomic mass is 32.2. The number of benzene rings is 2. The Balaban J connectivity index is 1.84. The highest BCUT2D eigenvalue weighted by molar-refractivity contribution is 8.01. The van der Waals surface area contributed by atoms with E-state index in [1.165, 1.54) is 11.0 Å². The van der Waals surface area contributed by atoms with Gasteiger partial charge in [0.1, 0.15) is 17.6 Å². The second kappa shape index (κ2) is 8.38. The van der Waals surface area contributed by atoms with Gasteiger partial charge < -0.3 is 19.5 Å². The van der Waals surface area contributed by atoms with Crippen LogP contribution in [0.25, 0.3) is 0 Å². The summed E-state index contributed by atoms with van der Waals surface area (Å²) in [4.78, 5) is 27.5. The molecule has 7 nitrogen and oxygen atoms in total. The lowest BCUT2D eigenvalue weighted by Crippen LogP contribution is -2.54. The number of rotatable bonds is 3. The quantitative estimate of drug-likeness (QED) is 0.670. The maximum atomic E-state index is 13.9. The number of halogens is 3. The van der Waals surface area contributed by atoms with E-state index in [1.807, 2.05) is 6.07 Å². The van der Waals surface area contributed by atoms with Crippen LogP contribution < -0.4 is 9.64 Å². The molecule has 2 atom stereocenters. The third-order valence-corrected chi connectivity index (χ3v) is 6.72. The van der Waals surface area contributed by atoms with Gasteiger partial charge in [0.25, 0.3) is 5.91 Å². The molecule has 182 valence electrons. The van der Waals surface area contributed by atoms with E-state index in [4.69, 9.17) is 4.74 Å².